The Balaban J connectivity index is 1.12. The fourth-order valence-electron chi connectivity index (χ4n) is 5.11. The van der Waals surface area contributed by atoms with Gasteiger partial charge in [0.05, 0.1) is 11.7 Å². The van der Waals surface area contributed by atoms with Gasteiger partial charge in [-0.1, -0.05) is 61.4 Å². The number of thioether (sulfide) groups is 1. The van der Waals surface area contributed by atoms with Crippen molar-refractivity contribution in [2.45, 2.75) is 31.6 Å². The number of benzene rings is 2. The number of carbonyl (C=O) groups excluding carboxylic acids is 2. The first-order valence-electron chi connectivity index (χ1n) is 12.2. The molecule has 0 radical (unpaired) electrons. The molecule has 0 aliphatic heterocycles. The smallest absolute Gasteiger partial charge is 0.407 e. The molecule has 3 N–H and O–H groups in total. The predicted molar refractivity (Wildman–Crippen MR) is 136 cm³/mol. The van der Waals surface area contributed by atoms with Crippen LogP contribution in [0.5, 0.6) is 0 Å². The number of rotatable bonds is 10. The molecule has 2 aromatic rings. The molecule has 2 atom stereocenters. The summed E-state index contributed by atoms with van der Waals surface area (Å²) in [6, 6.07) is 16.4. The number of hydrogen-bond donors (Lipinski definition) is 3. The predicted octanol–water partition coefficient (Wildman–Crippen LogP) is 4.27. The van der Waals surface area contributed by atoms with Crippen LogP contribution in [0.2, 0.25) is 0 Å². The lowest BCUT2D eigenvalue weighted by Gasteiger charge is -2.28. The third kappa shape index (κ3) is 6.36. The van der Waals surface area contributed by atoms with Crippen LogP contribution in [0.1, 0.15) is 42.7 Å². The highest BCUT2D eigenvalue weighted by molar-refractivity contribution is 7.99. The molecule has 0 aromatic heterocycles. The Morgan fingerprint density at radius 1 is 0.943 bits per heavy atom. The van der Waals surface area contributed by atoms with Crippen molar-refractivity contribution in [2.24, 2.45) is 11.8 Å². The van der Waals surface area contributed by atoms with Crippen molar-refractivity contribution < 1.29 is 24.2 Å². The molecule has 7 nitrogen and oxygen atoms in total. The molecule has 35 heavy (non-hydrogen) atoms. The lowest BCUT2D eigenvalue weighted by molar-refractivity contribution is -0.145. The molecule has 8 heteroatoms. The average molecular weight is 497 g/mol. The van der Waals surface area contributed by atoms with E-state index in [0.717, 1.165) is 19.3 Å². The monoisotopic (exact) mass is 496 g/mol. The number of fused-ring (bicyclic) bond motifs is 3. The molecule has 0 spiro atoms. The molecular formula is C27H32N2O5S. The Labute approximate surface area is 210 Å². The van der Waals surface area contributed by atoms with Crippen molar-refractivity contribution in [1.82, 2.24) is 10.6 Å². The first-order valence-corrected chi connectivity index (χ1v) is 13.4. The van der Waals surface area contributed by atoms with Gasteiger partial charge in [0.2, 0.25) is 5.91 Å². The summed E-state index contributed by atoms with van der Waals surface area (Å²) in [5, 5.41) is 15.0. The van der Waals surface area contributed by atoms with Gasteiger partial charge in [0.25, 0.3) is 0 Å². The summed E-state index contributed by atoms with van der Waals surface area (Å²) in [6.45, 7) is 1.08. The third-order valence-corrected chi connectivity index (χ3v) is 7.84. The average Bonchev–Trinajstić information content (AvgIpc) is 3.20. The highest BCUT2D eigenvalue weighted by atomic mass is 32.2. The first-order chi connectivity index (χ1) is 17.0. The molecule has 0 saturated heterocycles. The van der Waals surface area contributed by atoms with Gasteiger partial charge in [-0.2, -0.15) is 11.8 Å². The number of carboxylic acid groups (broad SMARTS) is 1. The van der Waals surface area contributed by atoms with Gasteiger partial charge in [-0.15, -0.1) is 0 Å². The van der Waals surface area contributed by atoms with Crippen LogP contribution < -0.4 is 10.6 Å². The molecule has 186 valence electrons. The lowest BCUT2D eigenvalue weighted by Crippen LogP contribution is -2.38. The zero-order valence-electron chi connectivity index (χ0n) is 19.7. The van der Waals surface area contributed by atoms with E-state index in [1.165, 1.54) is 34.0 Å². The standard InChI is InChI=1S/C27H32N2O5S/c30-25(29-15-18-7-1-2-8-19(18)26(31)32)17-35-14-13-28-27(33)34-16-24-22-11-5-3-9-20(22)21-10-4-6-12-23(21)24/h3-6,9-12,18-19,24H,1-2,7-8,13-17H2,(H,28,33)(H,29,30)(H,31,32). The minimum atomic E-state index is -0.766. The van der Waals surface area contributed by atoms with Crippen LogP contribution in [0.15, 0.2) is 48.5 Å². The van der Waals surface area contributed by atoms with E-state index in [4.69, 9.17) is 4.74 Å². The van der Waals surface area contributed by atoms with Gasteiger partial charge in [-0.3, -0.25) is 9.59 Å². The van der Waals surface area contributed by atoms with Crippen LogP contribution >= 0.6 is 11.8 Å². The summed E-state index contributed by atoms with van der Waals surface area (Å²) in [4.78, 5) is 35.7. The molecule has 0 heterocycles. The second-order valence-electron chi connectivity index (χ2n) is 9.10. The number of nitrogens with one attached hydrogen (secondary N) is 2. The van der Waals surface area contributed by atoms with Gasteiger partial charge < -0.3 is 20.5 Å². The molecule has 1 fully saturated rings. The highest BCUT2D eigenvalue weighted by Gasteiger charge is 2.31. The topological polar surface area (TPSA) is 105 Å². The highest BCUT2D eigenvalue weighted by Crippen LogP contribution is 2.44. The second kappa shape index (κ2) is 12.1. The molecule has 4 rings (SSSR count). The van der Waals surface area contributed by atoms with Crippen LogP contribution in [-0.2, 0) is 14.3 Å². The SMILES string of the molecule is O=C(CSCCNC(=O)OCC1c2ccccc2-c2ccccc21)NCC1CCCCC1C(=O)O. The van der Waals surface area contributed by atoms with E-state index in [1.54, 1.807) is 0 Å². The molecule has 2 amide bonds. The van der Waals surface area contributed by atoms with Crippen molar-refractivity contribution in [3.05, 3.63) is 59.7 Å². The fourth-order valence-corrected chi connectivity index (χ4v) is 5.79. The van der Waals surface area contributed by atoms with E-state index in [1.807, 2.05) is 24.3 Å². The molecular weight excluding hydrogens is 464 g/mol. The van der Waals surface area contributed by atoms with E-state index >= 15 is 0 Å². The maximum atomic E-state index is 12.2. The molecule has 2 aliphatic rings. The Bertz CT molecular complexity index is 1010. The normalized spacial score (nSPS) is 18.9. The number of alkyl carbamates (subject to hydrolysis) is 1. The van der Waals surface area contributed by atoms with E-state index in [9.17, 15) is 19.5 Å². The first kappa shape index (κ1) is 25.1. The largest absolute Gasteiger partial charge is 0.481 e. The summed E-state index contributed by atoms with van der Waals surface area (Å²) in [5.74, 6) is -0.349. The number of amides is 2. The number of ether oxygens (including phenoxy) is 1. The molecule has 2 aromatic carbocycles. The van der Waals surface area contributed by atoms with Crippen molar-refractivity contribution in [3.63, 3.8) is 0 Å². The summed E-state index contributed by atoms with van der Waals surface area (Å²) in [6.07, 6.45) is 3.02. The Kier molecular flexibility index (Phi) is 8.69. The van der Waals surface area contributed by atoms with Crippen molar-refractivity contribution >= 4 is 29.7 Å². The van der Waals surface area contributed by atoms with E-state index in [0.29, 0.717) is 25.3 Å². The quantitative estimate of drug-likeness (QED) is 0.425. The van der Waals surface area contributed by atoms with Gasteiger partial charge in [-0.05, 0) is 41.0 Å². The number of carbonyl (C=O) groups is 3. The van der Waals surface area contributed by atoms with Crippen molar-refractivity contribution in [3.8, 4) is 11.1 Å². The van der Waals surface area contributed by atoms with Gasteiger partial charge in [0.1, 0.15) is 6.61 Å². The number of carboxylic acids is 1. The Hall–Kier alpha value is -3.00. The second-order valence-corrected chi connectivity index (χ2v) is 10.2. The maximum absolute atomic E-state index is 12.2. The van der Waals surface area contributed by atoms with Crippen LogP contribution in [0.3, 0.4) is 0 Å². The zero-order chi connectivity index (χ0) is 24.6. The Morgan fingerprint density at radius 3 is 2.29 bits per heavy atom. The summed E-state index contributed by atoms with van der Waals surface area (Å²) in [5.41, 5.74) is 4.72. The van der Waals surface area contributed by atoms with Gasteiger partial charge in [-0.25, -0.2) is 4.79 Å². The van der Waals surface area contributed by atoms with Gasteiger partial charge >= 0.3 is 12.1 Å². The summed E-state index contributed by atoms with van der Waals surface area (Å²) < 4.78 is 5.52. The minimum absolute atomic E-state index is 0.00503. The van der Waals surface area contributed by atoms with Crippen LogP contribution in [0.25, 0.3) is 11.1 Å². The molecule has 1 saturated carbocycles. The fraction of sp³-hybridized carbons (Fsp3) is 0.444. The molecule has 2 unspecified atom stereocenters. The van der Waals surface area contributed by atoms with Gasteiger partial charge in [0.15, 0.2) is 0 Å². The van der Waals surface area contributed by atoms with Crippen LogP contribution in [0, 0.1) is 11.8 Å². The van der Waals surface area contributed by atoms with Crippen LogP contribution in [-0.4, -0.2) is 54.3 Å². The maximum Gasteiger partial charge on any atom is 0.407 e. The number of hydrogen-bond acceptors (Lipinski definition) is 5. The van der Waals surface area contributed by atoms with Crippen molar-refractivity contribution in [1.29, 1.82) is 0 Å². The summed E-state index contributed by atoms with van der Waals surface area (Å²) in [7, 11) is 0. The van der Waals surface area contributed by atoms with E-state index in [-0.39, 0.29) is 36.0 Å². The summed E-state index contributed by atoms with van der Waals surface area (Å²) >= 11 is 1.42. The van der Waals surface area contributed by atoms with Gasteiger partial charge in [0, 0.05) is 24.8 Å². The lowest BCUT2D eigenvalue weighted by atomic mass is 9.79. The zero-order valence-corrected chi connectivity index (χ0v) is 20.5. The molecule has 2 aliphatic carbocycles. The Morgan fingerprint density at radius 2 is 1.60 bits per heavy atom. The van der Waals surface area contributed by atoms with Crippen LogP contribution in [0.4, 0.5) is 4.79 Å². The van der Waals surface area contributed by atoms with E-state index < -0.39 is 12.1 Å². The molecule has 0 bridgehead atoms. The minimum Gasteiger partial charge on any atom is -0.481 e. The number of aliphatic carboxylic acids is 1. The van der Waals surface area contributed by atoms with Crippen molar-refractivity contribution in [2.75, 3.05) is 31.2 Å². The van der Waals surface area contributed by atoms with E-state index in [2.05, 4.69) is 34.9 Å². The third-order valence-electron chi connectivity index (χ3n) is 6.88.